The lowest BCUT2D eigenvalue weighted by Gasteiger charge is -2.35. The Morgan fingerprint density at radius 1 is 1.19 bits per heavy atom. The largest absolute Gasteiger partial charge is 0.428 e. The molecule has 3 rings (SSSR count). The van der Waals surface area contributed by atoms with E-state index in [1.807, 2.05) is 23.7 Å². The number of amides is 1. The van der Waals surface area contributed by atoms with Gasteiger partial charge in [-0.1, -0.05) is 62.6 Å². The summed E-state index contributed by atoms with van der Waals surface area (Å²) in [7, 11) is 0. The van der Waals surface area contributed by atoms with Gasteiger partial charge in [-0.3, -0.25) is 10.0 Å². The van der Waals surface area contributed by atoms with E-state index in [1.165, 1.54) is 12.8 Å². The van der Waals surface area contributed by atoms with Gasteiger partial charge in [0.25, 0.3) is 0 Å². The van der Waals surface area contributed by atoms with E-state index in [0.29, 0.717) is 11.5 Å². The molecule has 2 aliphatic rings. The fourth-order valence-electron chi connectivity index (χ4n) is 4.56. The van der Waals surface area contributed by atoms with Gasteiger partial charge in [0, 0.05) is 11.3 Å². The molecule has 1 amide bonds. The first-order valence-electron chi connectivity index (χ1n) is 11.4. The second kappa shape index (κ2) is 11.3. The van der Waals surface area contributed by atoms with Crippen molar-refractivity contribution >= 4 is 5.91 Å². The third-order valence-electron chi connectivity index (χ3n) is 6.39. The van der Waals surface area contributed by atoms with Crippen molar-refractivity contribution in [3.63, 3.8) is 0 Å². The second-order valence-corrected chi connectivity index (χ2v) is 8.78. The Bertz CT molecular complexity index is 790. The van der Waals surface area contributed by atoms with Crippen molar-refractivity contribution in [2.24, 2.45) is 11.3 Å². The van der Waals surface area contributed by atoms with Crippen molar-refractivity contribution in [1.29, 1.82) is 0 Å². The lowest BCUT2D eigenvalue weighted by atomic mass is 9.69. The molecule has 0 saturated carbocycles. The van der Waals surface area contributed by atoms with E-state index in [1.54, 1.807) is 0 Å². The van der Waals surface area contributed by atoms with Gasteiger partial charge in [0.15, 0.2) is 11.5 Å². The number of hydrogen-bond acceptors (Lipinski definition) is 5. The first-order chi connectivity index (χ1) is 15.0. The van der Waals surface area contributed by atoms with E-state index in [0.717, 1.165) is 56.9 Å². The van der Waals surface area contributed by atoms with Crippen LogP contribution in [-0.2, 0) is 11.2 Å². The summed E-state index contributed by atoms with van der Waals surface area (Å²) in [6, 6.07) is 5.78. The molecule has 6 heteroatoms. The zero-order valence-corrected chi connectivity index (χ0v) is 18.4. The van der Waals surface area contributed by atoms with E-state index in [9.17, 15) is 9.90 Å². The molecule has 0 fully saturated rings. The number of rotatable bonds is 11. The summed E-state index contributed by atoms with van der Waals surface area (Å²) >= 11 is 0. The van der Waals surface area contributed by atoms with Crippen LogP contribution >= 0.6 is 0 Å². The molecule has 170 valence electrons. The first-order valence-corrected chi connectivity index (χ1v) is 11.4. The van der Waals surface area contributed by atoms with E-state index >= 15 is 0 Å². The number of ether oxygens (including phenoxy) is 2. The quantitative estimate of drug-likeness (QED) is 0.198. The van der Waals surface area contributed by atoms with Crippen molar-refractivity contribution in [1.82, 2.24) is 5.48 Å². The third kappa shape index (κ3) is 6.34. The zero-order chi connectivity index (χ0) is 22.1. The highest BCUT2D eigenvalue weighted by Crippen LogP contribution is 2.40. The van der Waals surface area contributed by atoms with Crippen LogP contribution < -0.4 is 15.0 Å². The lowest BCUT2D eigenvalue weighted by Crippen LogP contribution is -2.39. The summed E-state index contributed by atoms with van der Waals surface area (Å²) in [6.45, 7) is 0.908. The number of carbonyl (C=O) groups excluding carboxylic acids is 1. The summed E-state index contributed by atoms with van der Waals surface area (Å²) < 4.78 is 10.5. The molecule has 1 aliphatic heterocycles. The Balaban J connectivity index is 1.29. The number of para-hydroxylation sites is 1. The molecule has 31 heavy (non-hydrogen) atoms. The van der Waals surface area contributed by atoms with Crippen LogP contribution in [0.5, 0.6) is 11.5 Å². The van der Waals surface area contributed by atoms with Crippen LogP contribution in [0.3, 0.4) is 0 Å². The van der Waals surface area contributed by atoms with Crippen molar-refractivity contribution in [2.75, 3.05) is 0 Å². The molecule has 3 N–H and O–H groups in total. The average Bonchev–Trinajstić information content (AvgIpc) is 3.15. The van der Waals surface area contributed by atoms with Gasteiger partial charge >= 0.3 is 6.48 Å². The number of aryl methyl sites for hydroxylation is 1. The average molecular weight is 430 g/mol. The molecule has 1 heterocycles. The van der Waals surface area contributed by atoms with Crippen LogP contribution in [0.2, 0.25) is 0 Å². The van der Waals surface area contributed by atoms with Crippen LogP contribution in [0.25, 0.3) is 0 Å². The summed E-state index contributed by atoms with van der Waals surface area (Å²) in [6.07, 6.45) is 18.9. The van der Waals surface area contributed by atoms with Crippen LogP contribution in [0, 0.1) is 11.3 Å². The van der Waals surface area contributed by atoms with E-state index in [2.05, 4.69) is 31.2 Å². The molecule has 0 radical (unpaired) electrons. The number of fused-ring (bicyclic) bond motifs is 1. The van der Waals surface area contributed by atoms with Gasteiger partial charge in [-0.15, -0.1) is 0 Å². The highest BCUT2D eigenvalue weighted by molar-refractivity contribution is 5.78. The molecule has 1 aliphatic carbocycles. The molecule has 0 bridgehead atoms. The summed E-state index contributed by atoms with van der Waals surface area (Å²) in [5, 5.41) is 18.5. The van der Waals surface area contributed by atoms with Gasteiger partial charge < -0.3 is 14.6 Å². The van der Waals surface area contributed by atoms with Crippen molar-refractivity contribution in [3.8, 4) is 11.5 Å². The molecular weight excluding hydrogens is 394 g/mol. The molecule has 0 saturated heterocycles. The fourth-order valence-corrected chi connectivity index (χ4v) is 4.56. The SMILES string of the molecule is CC1(C/C=C/CCCCCCCc2cccc3c2OC(O)O3)C=CCCC1C(=O)NO. The number of benzene rings is 1. The maximum absolute atomic E-state index is 12.0. The highest BCUT2D eigenvalue weighted by atomic mass is 16.8. The minimum atomic E-state index is -1.18. The maximum Gasteiger partial charge on any atom is 0.358 e. The number of aliphatic hydroxyl groups excluding tert-OH is 1. The number of carbonyl (C=O) groups is 1. The van der Waals surface area contributed by atoms with Gasteiger partial charge in [0.2, 0.25) is 5.91 Å². The summed E-state index contributed by atoms with van der Waals surface area (Å²) in [5.74, 6) is 0.840. The van der Waals surface area contributed by atoms with Crippen LogP contribution in [0.15, 0.2) is 42.5 Å². The number of nitrogens with one attached hydrogen (secondary N) is 1. The molecule has 0 aromatic heterocycles. The molecule has 1 aromatic carbocycles. The minimum absolute atomic E-state index is 0.182. The predicted octanol–water partition coefficient (Wildman–Crippen LogP) is 5.04. The van der Waals surface area contributed by atoms with Gasteiger partial charge in [0.1, 0.15) is 0 Å². The fraction of sp³-hybridized carbons (Fsp3) is 0.560. The summed E-state index contributed by atoms with van der Waals surface area (Å²) in [5.41, 5.74) is 2.69. The minimum Gasteiger partial charge on any atom is -0.428 e. The Kier molecular flexibility index (Phi) is 8.55. The molecule has 3 atom stereocenters. The molecular formula is C25H35NO5. The van der Waals surface area contributed by atoms with Crippen LogP contribution in [0.1, 0.15) is 70.3 Å². The van der Waals surface area contributed by atoms with Crippen LogP contribution in [-0.4, -0.2) is 22.7 Å². The van der Waals surface area contributed by atoms with E-state index in [-0.39, 0.29) is 17.2 Å². The molecule has 1 aromatic rings. The number of unbranched alkanes of at least 4 members (excludes halogenated alkanes) is 5. The van der Waals surface area contributed by atoms with Crippen LogP contribution in [0.4, 0.5) is 0 Å². The Morgan fingerprint density at radius 3 is 2.84 bits per heavy atom. The number of hydrogen-bond donors (Lipinski definition) is 3. The number of aliphatic hydroxyl groups is 1. The van der Waals surface area contributed by atoms with Crippen molar-refractivity contribution in [3.05, 3.63) is 48.1 Å². The van der Waals surface area contributed by atoms with Gasteiger partial charge in [-0.25, -0.2) is 5.48 Å². The maximum atomic E-state index is 12.0. The molecule has 6 nitrogen and oxygen atoms in total. The van der Waals surface area contributed by atoms with Gasteiger partial charge in [-0.05, 0) is 56.6 Å². The zero-order valence-electron chi connectivity index (χ0n) is 18.4. The summed E-state index contributed by atoms with van der Waals surface area (Å²) in [4.78, 5) is 12.0. The van der Waals surface area contributed by atoms with Gasteiger partial charge in [0.05, 0.1) is 0 Å². The Morgan fingerprint density at radius 2 is 2.00 bits per heavy atom. The van der Waals surface area contributed by atoms with Gasteiger partial charge in [-0.2, -0.15) is 0 Å². The molecule has 3 unspecified atom stereocenters. The third-order valence-corrected chi connectivity index (χ3v) is 6.39. The Labute approximate surface area is 184 Å². The van der Waals surface area contributed by atoms with E-state index < -0.39 is 6.48 Å². The highest BCUT2D eigenvalue weighted by Gasteiger charge is 2.37. The first kappa shape index (κ1) is 23.4. The smallest absolute Gasteiger partial charge is 0.358 e. The predicted molar refractivity (Wildman–Crippen MR) is 119 cm³/mol. The lowest BCUT2D eigenvalue weighted by molar-refractivity contribution is -0.137. The monoisotopic (exact) mass is 429 g/mol. The number of allylic oxidation sites excluding steroid dienone is 4. The Hall–Kier alpha value is -2.31. The standard InChI is InChI=1S/C25H35NO5/c1-25(18-11-9-15-20(25)23(27)26-29)17-10-7-5-3-2-4-6-8-13-19-14-12-16-21-22(19)31-24(28)30-21/h7,10-12,14,16,18,20,24,28-29H,2-6,8-9,13,15,17H2,1H3,(H,26,27)/b10-7+. The number of hydroxylamine groups is 1. The van der Waals surface area contributed by atoms with E-state index in [4.69, 9.17) is 14.7 Å². The van der Waals surface area contributed by atoms with Crippen molar-refractivity contribution < 1.29 is 24.6 Å². The second-order valence-electron chi connectivity index (χ2n) is 8.78. The topological polar surface area (TPSA) is 88.0 Å². The normalized spacial score (nSPS) is 24.6. The molecule has 0 spiro atoms. The van der Waals surface area contributed by atoms with Crippen molar-refractivity contribution in [2.45, 2.75) is 77.6 Å².